The van der Waals surface area contributed by atoms with Gasteiger partial charge in [0.2, 0.25) is 0 Å². The van der Waals surface area contributed by atoms with Crippen LogP contribution in [0.2, 0.25) is 0 Å². The molecule has 0 saturated carbocycles. The normalized spacial score (nSPS) is 10.1. The number of halogens is 1. The zero-order chi connectivity index (χ0) is 20.6. The predicted molar refractivity (Wildman–Crippen MR) is 108 cm³/mol. The highest BCUT2D eigenvalue weighted by atomic mass is 19.1. The maximum Gasteiger partial charge on any atom is 0.255 e. The van der Waals surface area contributed by atoms with Crippen LogP contribution >= 0.6 is 0 Å². The molecule has 3 aromatic rings. The molecule has 29 heavy (non-hydrogen) atoms. The Morgan fingerprint density at radius 3 is 2.31 bits per heavy atom. The largest absolute Gasteiger partial charge is 0.352 e. The van der Waals surface area contributed by atoms with Crippen molar-refractivity contribution in [3.05, 3.63) is 101 Å². The number of anilines is 1. The molecule has 0 atom stereocenters. The average molecular weight is 387 g/mol. The van der Waals surface area contributed by atoms with Gasteiger partial charge in [-0.3, -0.25) is 9.59 Å². The molecule has 5 nitrogen and oxygen atoms in total. The highest BCUT2D eigenvalue weighted by Gasteiger charge is 2.12. The molecule has 0 heterocycles. The lowest BCUT2D eigenvalue weighted by atomic mass is 10.1. The van der Waals surface area contributed by atoms with Gasteiger partial charge in [0.25, 0.3) is 11.8 Å². The number of carbonyl (C=O) groups is 2. The molecule has 3 aromatic carbocycles. The number of hydrogen-bond acceptors (Lipinski definition) is 3. The number of hydrogen-bond donors (Lipinski definition) is 2. The van der Waals surface area contributed by atoms with E-state index in [1.54, 1.807) is 54.6 Å². The Balaban J connectivity index is 1.62. The van der Waals surface area contributed by atoms with E-state index in [1.165, 1.54) is 18.2 Å². The van der Waals surface area contributed by atoms with Crippen molar-refractivity contribution in [2.45, 2.75) is 6.42 Å². The summed E-state index contributed by atoms with van der Waals surface area (Å²) in [5, 5.41) is 14.6. The fraction of sp³-hybridized carbons (Fsp3) is 0.0870. The standard InChI is InChI=1S/C23H18FN3O2/c24-20-10-8-16(9-11-20)12-13-26-22(28)17-5-3-6-18(14-17)23(29)27-21-7-2-1-4-19(21)15-25/h1-11,14H,12-13H2,(H,26,28)(H,27,29). The molecule has 3 rings (SSSR count). The first-order valence-electron chi connectivity index (χ1n) is 9.00. The molecule has 0 unspecified atom stereocenters. The van der Waals surface area contributed by atoms with Crippen LogP contribution in [0.15, 0.2) is 72.8 Å². The van der Waals surface area contributed by atoms with Crippen molar-refractivity contribution in [3.8, 4) is 6.07 Å². The van der Waals surface area contributed by atoms with Gasteiger partial charge in [0.1, 0.15) is 11.9 Å². The van der Waals surface area contributed by atoms with Crippen LogP contribution in [-0.2, 0) is 6.42 Å². The summed E-state index contributed by atoms with van der Waals surface area (Å²) in [7, 11) is 0. The van der Waals surface area contributed by atoms with Gasteiger partial charge in [-0.15, -0.1) is 0 Å². The maximum atomic E-state index is 12.9. The monoisotopic (exact) mass is 387 g/mol. The van der Waals surface area contributed by atoms with E-state index in [0.29, 0.717) is 35.3 Å². The molecule has 0 saturated heterocycles. The van der Waals surface area contributed by atoms with Crippen molar-refractivity contribution >= 4 is 17.5 Å². The molecule has 2 N–H and O–H groups in total. The Hall–Kier alpha value is -3.98. The molecule has 0 aliphatic heterocycles. The minimum atomic E-state index is -0.409. The summed E-state index contributed by atoms with van der Waals surface area (Å²) in [5.41, 5.74) is 2.34. The summed E-state index contributed by atoms with van der Waals surface area (Å²) in [5.74, 6) is -1.02. The first-order chi connectivity index (χ1) is 14.1. The number of nitrogens with one attached hydrogen (secondary N) is 2. The number of para-hydroxylation sites is 1. The third-order valence-corrected chi connectivity index (χ3v) is 4.30. The van der Waals surface area contributed by atoms with Gasteiger partial charge in [0.05, 0.1) is 11.3 Å². The van der Waals surface area contributed by atoms with Gasteiger partial charge in [-0.1, -0.05) is 30.3 Å². The predicted octanol–water partition coefficient (Wildman–Crippen LogP) is 3.92. The van der Waals surface area contributed by atoms with Gasteiger partial charge < -0.3 is 10.6 Å². The molecule has 0 aromatic heterocycles. The second-order valence-electron chi connectivity index (χ2n) is 6.32. The van der Waals surface area contributed by atoms with Crippen molar-refractivity contribution in [3.63, 3.8) is 0 Å². The Morgan fingerprint density at radius 2 is 1.59 bits per heavy atom. The Labute approximate surface area is 167 Å². The van der Waals surface area contributed by atoms with E-state index in [0.717, 1.165) is 5.56 Å². The van der Waals surface area contributed by atoms with Crippen LogP contribution in [0.25, 0.3) is 0 Å². The molecule has 2 amide bonds. The second kappa shape index (κ2) is 9.29. The quantitative estimate of drug-likeness (QED) is 0.673. The first-order valence-corrected chi connectivity index (χ1v) is 9.00. The summed E-state index contributed by atoms with van der Waals surface area (Å²) in [6, 6.07) is 21.2. The lowest BCUT2D eigenvalue weighted by Crippen LogP contribution is -2.26. The number of nitrogens with zero attached hydrogens (tertiary/aromatic N) is 1. The SMILES string of the molecule is N#Cc1ccccc1NC(=O)c1cccc(C(=O)NCCc2ccc(F)cc2)c1. The second-order valence-corrected chi connectivity index (χ2v) is 6.32. The summed E-state index contributed by atoms with van der Waals surface area (Å²) >= 11 is 0. The molecular weight excluding hydrogens is 369 g/mol. The van der Waals surface area contributed by atoms with Crippen molar-refractivity contribution in [2.24, 2.45) is 0 Å². The van der Waals surface area contributed by atoms with Gasteiger partial charge >= 0.3 is 0 Å². The van der Waals surface area contributed by atoms with E-state index < -0.39 is 5.91 Å². The Bertz CT molecular complexity index is 1070. The Kier molecular flexibility index (Phi) is 6.33. The van der Waals surface area contributed by atoms with Gasteiger partial charge in [0, 0.05) is 17.7 Å². The number of benzene rings is 3. The van der Waals surface area contributed by atoms with Gasteiger partial charge in [-0.2, -0.15) is 5.26 Å². The summed E-state index contributed by atoms with van der Waals surface area (Å²) in [6.07, 6.45) is 0.567. The van der Waals surface area contributed by atoms with E-state index >= 15 is 0 Å². The molecular formula is C23H18FN3O2. The van der Waals surface area contributed by atoms with Crippen LogP contribution in [0.4, 0.5) is 10.1 Å². The highest BCUT2D eigenvalue weighted by Crippen LogP contribution is 2.15. The fourth-order valence-corrected chi connectivity index (χ4v) is 2.76. The molecule has 0 bridgehead atoms. The van der Waals surface area contributed by atoms with Crippen LogP contribution in [0, 0.1) is 17.1 Å². The summed E-state index contributed by atoms with van der Waals surface area (Å²) in [6.45, 7) is 0.385. The third-order valence-electron chi connectivity index (χ3n) is 4.30. The maximum absolute atomic E-state index is 12.9. The molecule has 6 heteroatoms. The molecule has 0 radical (unpaired) electrons. The van der Waals surface area contributed by atoms with Gasteiger partial charge in [-0.05, 0) is 54.4 Å². The van der Waals surface area contributed by atoms with Crippen molar-refractivity contribution < 1.29 is 14.0 Å². The number of nitriles is 1. The zero-order valence-corrected chi connectivity index (χ0v) is 15.5. The molecule has 144 valence electrons. The van der Waals surface area contributed by atoms with Crippen LogP contribution in [0.3, 0.4) is 0 Å². The first kappa shape index (κ1) is 19.8. The number of rotatable bonds is 6. The molecule has 0 aliphatic rings. The van der Waals surface area contributed by atoms with Crippen LogP contribution < -0.4 is 10.6 Å². The van der Waals surface area contributed by atoms with Crippen molar-refractivity contribution in [1.29, 1.82) is 5.26 Å². The fourth-order valence-electron chi connectivity index (χ4n) is 2.76. The highest BCUT2D eigenvalue weighted by molar-refractivity contribution is 6.06. The van der Waals surface area contributed by atoms with E-state index in [1.807, 2.05) is 6.07 Å². The third kappa shape index (κ3) is 5.27. The zero-order valence-electron chi connectivity index (χ0n) is 15.5. The van der Waals surface area contributed by atoms with Crippen molar-refractivity contribution in [2.75, 3.05) is 11.9 Å². The van der Waals surface area contributed by atoms with Crippen LogP contribution in [-0.4, -0.2) is 18.4 Å². The number of amides is 2. The molecule has 0 fully saturated rings. The Morgan fingerprint density at radius 1 is 0.897 bits per heavy atom. The van der Waals surface area contributed by atoms with E-state index in [2.05, 4.69) is 10.6 Å². The minimum Gasteiger partial charge on any atom is -0.352 e. The minimum absolute atomic E-state index is 0.301. The van der Waals surface area contributed by atoms with Crippen LogP contribution in [0.5, 0.6) is 0 Å². The summed E-state index contributed by atoms with van der Waals surface area (Å²) < 4.78 is 12.9. The van der Waals surface area contributed by atoms with E-state index in [9.17, 15) is 14.0 Å². The van der Waals surface area contributed by atoms with Crippen LogP contribution in [0.1, 0.15) is 31.8 Å². The van der Waals surface area contributed by atoms with Gasteiger partial charge in [-0.25, -0.2) is 4.39 Å². The lowest BCUT2D eigenvalue weighted by Gasteiger charge is -2.09. The topological polar surface area (TPSA) is 82.0 Å². The lowest BCUT2D eigenvalue weighted by molar-refractivity contribution is 0.0954. The summed E-state index contributed by atoms with van der Waals surface area (Å²) in [4.78, 5) is 24.9. The van der Waals surface area contributed by atoms with E-state index in [-0.39, 0.29) is 11.7 Å². The smallest absolute Gasteiger partial charge is 0.255 e. The molecule has 0 aliphatic carbocycles. The molecule has 0 spiro atoms. The number of carbonyl (C=O) groups excluding carboxylic acids is 2. The van der Waals surface area contributed by atoms with Gasteiger partial charge in [0.15, 0.2) is 0 Å². The van der Waals surface area contributed by atoms with E-state index in [4.69, 9.17) is 5.26 Å². The average Bonchev–Trinajstić information content (AvgIpc) is 2.75. The van der Waals surface area contributed by atoms with Crippen molar-refractivity contribution in [1.82, 2.24) is 5.32 Å².